The number of benzene rings is 2. The average molecular weight is 410 g/mol. The summed E-state index contributed by atoms with van der Waals surface area (Å²) in [5.74, 6) is -0.599. The van der Waals surface area contributed by atoms with Crippen molar-refractivity contribution in [3.63, 3.8) is 0 Å². The summed E-state index contributed by atoms with van der Waals surface area (Å²) in [6.45, 7) is 0.804. The summed E-state index contributed by atoms with van der Waals surface area (Å²) in [5, 5.41) is 6.23. The van der Waals surface area contributed by atoms with Crippen LogP contribution in [-0.2, 0) is 4.74 Å². The van der Waals surface area contributed by atoms with Crippen LogP contribution in [0.25, 0.3) is 0 Å². The SMILES string of the molecule is COCCNC(=O)c1cc(NC(=O)c2ccc(Cl)c(Cl)c2)ccc1N(C)C. The van der Waals surface area contributed by atoms with Crippen molar-refractivity contribution in [3.8, 4) is 0 Å². The molecule has 0 spiro atoms. The first kappa shape index (κ1) is 21.0. The highest BCUT2D eigenvalue weighted by atomic mass is 35.5. The number of carbonyl (C=O) groups is 2. The molecule has 0 aliphatic carbocycles. The fourth-order valence-corrected chi connectivity index (χ4v) is 2.69. The highest BCUT2D eigenvalue weighted by Crippen LogP contribution is 2.25. The van der Waals surface area contributed by atoms with Gasteiger partial charge in [0.15, 0.2) is 0 Å². The number of anilines is 2. The van der Waals surface area contributed by atoms with Gasteiger partial charge in [0.25, 0.3) is 11.8 Å². The van der Waals surface area contributed by atoms with Gasteiger partial charge < -0.3 is 20.3 Å². The molecule has 2 N–H and O–H groups in total. The van der Waals surface area contributed by atoms with E-state index in [0.29, 0.717) is 40.0 Å². The molecule has 0 radical (unpaired) electrons. The van der Waals surface area contributed by atoms with Crippen LogP contribution >= 0.6 is 23.2 Å². The molecule has 6 nitrogen and oxygen atoms in total. The average Bonchev–Trinajstić information content (AvgIpc) is 2.63. The Labute approximate surface area is 168 Å². The first-order valence-electron chi connectivity index (χ1n) is 8.18. The zero-order valence-electron chi connectivity index (χ0n) is 15.3. The van der Waals surface area contributed by atoms with Gasteiger partial charge in [-0.2, -0.15) is 0 Å². The lowest BCUT2D eigenvalue weighted by molar-refractivity contribution is 0.0936. The lowest BCUT2D eigenvalue weighted by atomic mass is 10.1. The third-order valence-corrected chi connectivity index (χ3v) is 4.49. The van der Waals surface area contributed by atoms with Gasteiger partial charge in [0.1, 0.15) is 0 Å². The summed E-state index contributed by atoms with van der Waals surface area (Å²) in [6, 6.07) is 9.77. The predicted molar refractivity (Wildman–Crippen MR) is 109 cm³/mol. The number of halogens is 2. The molecule has 0 saturated heterocycles. The number of rotatable bonds is 7. The number of nitrogens with one attached hydrogen (secondary N) is 2. The lowest BCUT2D eigenvalue weighted by Crippen LogP contribution is -2.28. The van der Waals surface area contributed by atoms with Gasteiger partial charge in [-0.3, -0.25) is 9.59 Å². The van der Waals surface area contributed by atoms with Gasteiger partial charge in [0.2, 0.25) is 0 Å². The van der Waals surface area contributed by atoms with Crippen molar-refractivity contribution < 1.29 is 14.3 Å². The van der Waals surface area contributed by atoms with E-state index in [0.717, 1.165) is 5.69 Å². The molecule has 8 heteroatoms. The number of ether oxygens (including phenoxy) is 1. The maximum atomic E-state index is 12.5. The van der Waals surface area contributed by atoms with Gasteiger partial charge in [-0.1, -0.05) is 23.2 Å². The summed E-state index contributed by atoms with van der Waals surface area (Å²) in [5.41, 5.74) is 2.04. The van der Waals surface area contributed by atoms with Crippen LogP contribution in [0.15, 0.2) is 36.4 Å². The summed E-state index contributed by atoms with van der Waals surface area (Å²) < 4.78 is 4.95. The molecule has 2 amide bonds. The molecule has 0 unspecified atom stereocenters. The second-order valence-electron chi connectivity index (χ2n) is 5.96. The van der Waals surface area contributed by atoms with Crippen molar-refractivity contribution in [2.75, 3.05) is 44.6 Å². The summed E-state index contributed by atoms with van der Waals surface area (Å²) >= 11 is 11.8. The van der Waals surface area contributed by atoms with Crippen molar-refractivity contribution in [3.05, 3.63) is 57.6 Å². The van der Waals surface area contributed by atoms with Crippen LogP contribution in [-0.4, -0.2) is 46.2 Å². The standard InChI is InChI=1S/C19H21Cl2N3O3/c1-24(2)17-7-5-13(11-14(17)19(26)22-8-9-27-3)23-18(25)12-4-6-15(20)16(21)10-12/h4-7,10-11H,8-9H2,1-3H3,(H,22,26)(H,23,25). The van der Waals surface area contributed by atoms with E-state index < -0.39 is 0 Å². The van der Waals surface area contributed by atoms with Crippen LogP contribution in [0.4, 0.5) is 11.4 Å². The number of methoxy groups -OCH3 is 1. The summed E-state index contributed by atoms with van der Waals surface area (Å²) in [6.07, 6.45) is 0. The Hall–Kier alpha value is -2.28. The number of hydrogen-bond donors (Lipinski definition) is 2. The van der Waals surface area contributed by atoms with E-state index in [2.05, 4.69) is 10.6 Å². The van der Waals surface area contributed by atoms with Crippen LogP contribution in [0, 0.1) is 0 Å². The molecular formula is C19H21Cl2N3O3. The third kappa shape index (κ3) is 5.60. The van der Waals surface area contributed by atoms with E-state index in [1.807, 2.05) is 19.0 Å². The molecule has 0 aliphatic heterocycles. The van der Waals surface area contributed by atoms with Gasteiger partial charge in [0, 0.05) is 44.7 Å². The van der Waals surface area contributed by atoms with Crippen LogP contribution in [0.5, 0.6) is 0 Å². The van der Waals surface area contributed by atoms with E-state index in [-0.39, 0.29) is 11.8 Å². The van der Waals surface area contributed by atoms with Crippen molar-refractivity contribution in [1.29, 1.82) is 0 Å². The Morgan fingerprint density at radius 2 is 1.78 bits per heavy atom. The zero-order valence-corrected chi connectivity index (χ0v) is 16.8. The molecule has 0 saturated carbocycles. The Morgan fingerprint density at radius 3 is 2.41 bits per heavy atom. The molecule has 0 bridgehead atoms. The van der Waals surface area contributed by atoms with Crippen LogP contribution in [0.3, 0.4) is 0 Å². The van der Waals surface area contributed by atoms with E-state index in [1.165, 1.54) is 6.07 Å². The Balaban J connectivity index is 2.24. The Kier molecular flexibility index (Phi) is 7.47. The fourth-order valence-electron chi connectivity index (χ4n) is 2.39. The molecule has 0 fully saturated rings. The van der Waals surface area contributed by atoms with Gasteiger partial charge in [-0.25, -0.2) is 0 Å². The second-order valence-corrected chi connectivity index (χ2v) is 6.77. The Morgan fingerprint density at radius 1 is 1.04 bits per heavy atom. The number of nitrogens with zero attached hydrogens (tertiary/aromatic N) is 1. The minimum Gasteiger partial charge on any atom is -0.383 e. The van der Waals surface area contributed by atoms with Gasteiger partial charge in [-0.15, -0.1) is 0 Å². The molecule has 0 aliphatic rings. The van der Waals surface area contributed by atoms with E-state index in [9.17, 15) is 9.59 Å². The van der Waals surface area contributed by atoms with Crippen LogP contribution in [0.1, 0.15) is 20.7 Å². The maximum absolute atomic E-state index is 12.5. The summed E-state index contributed by atoms with van der Waals surface area (Å²) in [7, 11) is 5.25. The first-order valence-corrected chi connectivity index (χ1v) is 8.94. The molecule has 0 aromatic heterocycles. The molecule has 2 aromatic carbocycles. The van der Waals surface area contributed by atoms with Gasteiger partial charge in [-0.05, 0) is 36.4 Å². The molecule has 0 atom stereocenters. The molecule has 144 valence electrons. The molecule has 0 heterocycles. The van der Waals surface area contributed by atoms with Crippen molar-refractivity contribution in [1.82, 2.24) is 5.32 Å². The smallest absolute Gasteiger partial charge is 0.255 e. The molecule has 2 aromatic rings. The minimum atomic E-state index is -0.350. The highest BCUT2D eigenvalue weighted by molar-refractivity contribution is 6.42. The highest BCUT2D eigenvalue weighted by Gasteiger charge is 2.15. The van der Waals surface area contributed by atoms with Crippen molar-refractivity contribution in [2.24, 2.45) is 0 Å². The topological polar surface area (TPSA) is 70.7 Å². The van der Waals surface area contributed by atoms with Gasteiger partial charge >= 0.3 is 0 Å². The first-order chi connectivity index (χ1) is 12.8. The zero-order chi connectivity index (χ0) is 20.0. The molecule has 27 heavy (non-hydrogen) atoms. The minimum absolute atomic E-state index is 0.249. The van der Waals surface area contributed by atoms with Crippen molar-refractivity contribution >= 4 is 46.4 Å². The second kappa shape index (κ2) is 9.60. The van der Waals surface area contributed by atoms with E-state index in [4.69, 9.17) is 27.9 Å². The number of amides is 2. The maximum Gasteiger partial charge on any atom is 0.255 e. The fraction of sp³-hybridized carbons (Fsp3) is 0.263. The number of carbonyl (C=O) groups excluding carboxylic acids is 2. The van der Waals surface area contributed by atoms with Crippen molar-refractivity contribution in [2.45, 2.75) is 0 Å². The van der Waals surface area contributed by atoms with E-state index in [1.54, 1.807) is 37.4 Å². The summed E-state index contributed by atoms with van der Waals surface area (Å²) in [4.78, 5) is 26.8. The largest absolute Gasteiger partial charge is 0.383 e. The van der Waals surface area contributed by atoms with Crippen LogP contribution < -0.4 is 15.5 Å². The lowest BCUT2D eigenvalue weighted by Gasteiger charge is -2.18. The number of hydrogen-bond acceptors (Lipinski definition) is 4. The predicted octanol–water partition coefficient (Wildman–Crippen LogP) is 3.69. The third-order valence-electron chi connectivity index (χ3n) is 3.75. The Bertz CT molecular complexity index is 841. The molecular weight excluding hydrogens is 389 g/mol. The quantitative estimate of drug-likeness (QED) is 0.684. The van der Waals surface area contributed by atoms with Gasteiger partial charge in [0.05, 0.1) is 22.2 Å². The monoisotopic (exact) mass is 409 g/mol. The van der Waals surface area contributed by atoms with Crippen LogP contribution in [0.2, 0.25) is 10.0 Å². The van der Waals surface area contributed by atoms with E-state index >= 15 is 0 Å². The normalized spacial score (nSPS) is 10.4. The molecule has 2 rings (SSSR count).